The Hall–Kier alpha value is -1.07. The van der Waals surface area contributed by atoms with Crippen molar-refractivity contribution in [2.75, 3.05) is 6.61 Å². The summed E-state index contributed by atoms with van der Waals surface area (Å²) in [5.41, 5.74) is 0.602. The van der Waals surface area contributed by atoms with E-state index in [1.807, 2.05) is 24.3 Å². The first-order chi connectivity index (χ1) is 8.66. The number of carbonyl (C=O) groups is 1. The van der Waals surface area contributed by atoms with Gasteiger partial charge in [-0.15, -0.1) is 0 Å². The van der Waals surface area contributed by atoms with E-state index in [-0.39, 0.29) is 12.4 Å². The van der Waals surface area contributed by atoms with Crippen LogP contribution in [0.4, 0.5) is 0 Å². The van der Waals surface area contributed by atoms with Crippen LogP contribution < -0.4 is 4.74 Å². The van der Waals surface area contributed by atoms with Crippen molar-refractivity contribution in [3.8, 4) is 5.75 Å². The van der Waals surface area contributed by atoms with Gasteiger partial charge in [0.05, 0.1) is 3.57 Å². The predicted octanol–water partition coefficient (Wildman–Crippen LogP) is 4.21. The Bertz CT molecular complexity index is 552. The number of Topliss-reactive ketones (excluding diaryl/α,β-unsaturated/α-hetero) is 1. The minimum atomic E-state index is -0.0636. The van der Waals surface area contributed by atoms with E-state index >= 15 is 0 Å². The smallest absolute Gasteiger partial charge is 0.200 e. The summed E-state index contributed by atoms with van der Waals surface area (Å²) in [6, 6.07) is 14.4. The highest BCUT2D eigenvalue weighted by Gasteiger charge is 2.07. The summed E-state index contributed by atoms with van der Waals surface area (Å²) in [5, 5.41) is 0.616. The van der Waals surface area contributed by atoms with Crippen LogP contribution in [0.1, 0.15) is 10.4 Å². The minimum Gasteiger partial charge on any atom is -0.484 e. The molecule has 0 fully saturated rings. The molecule has 0 saturated heterocycles. The van der Waals surface area contributed by atoms with Crippen LogP contribution in [0.2, 0.25) is 5.02 Å². The average Bonchev–Trinajstić information content (AvgIpc) is 2.38. The molecule has 0 aliphatic heterocycles. The number of hydrogen-bond donors (Lipinski definition) is 0. The first-order valence-corrected chi connectivity index (χ1v) is 6.78. The second kappa shape index (κ2) is 6.20. The molecule has 0 radical (unpaired) electrons. The zero-order valence-electron chi connectivity index (χ0n) is 9.40. The Morgan fingerprint density at radius 2 is 1.78 bits per heavy atom. The SMILES string of the molecule is O=C(COc1ccccc1I)c1ccc(Cl)cc1. The zero-order valence-corrected chi connectivity index (χ0v) is 12.3. The summed E-state index contributed by atoms with van der Waals surface area (Å²) >= 11 is 7.94. The van der Waals surface area contributed by atoms with Crippen molar-refractivity contribution in [2.24, 2.45) is 0 Å². The molecule has 0 N–H and O–H groups in total. The van der Waals surface area contributed by atoms with Crippen molar-refractivity contribution in [1.29, 1.82) is 0 Å². The molecule has 2 aromatic rings. The number of para-hydroxylation sites is 1. The van der Waals surface area contributed by atoms with E-state index in [1.165, 1.54) is 0 Å². The molecule has 2 aromatic carbocycles. The van der Waals surface area contributed by atoms with Gasteiger partial charge in [-0.05, 0) is 59.0 Å². The maximum absolute atomic E-state index is 11.9. The molecule has 0 bridgehead atoms. The minimum absolute atomic E-state index is 0.0294. The molecular formula is C14H10ClIO2. The Kier molecular flexibility index (Phi) is 4.60. The Labute approximate surface area is 124 Å². The molecule has 4 heteroatoms. The van der Waals surface area contributed by atoms with Crippen LogP contribution in [0.5, 0.6) is 5.75 Å². The summed E-state index contributed by atoms with van der Waals surface area (Å²) in [6.45, 7) is 0.0294. The van der Waals surface area contributed by atoms with Gasteiger partial charge in [-0.3, -0.25) is 4.79 Å². The Balaban J connectivity index is 2.01. The lowest BCUT2D eigenvalue weighted by molar-refractivity contribution is 0.0921. The third-order valence-electron chi connectivity index (χ3n) is 2.36. The van der Waals surface area contributed by atoms with E-state index < -0.39 is 0 Å². The van der Waals surface area contributed by atoms with Crippen LogP contribution in [0.3, 0.4) is 0 Å². The number of halogens is 2. The molecule has 2 rings (SSSR count). The molecule has 0 aliphatic rings. The topological polar surface area (TPSA) is 26.3 Å². The predicted molar refractivity (Wildman–Crippen MR) is 80.4 cm³/mol. The van der Waals surface area contributed by atoms with Crippen LogP contribution in [-0.4, -0.2) is 12.4 Å². The van der Waals surface area contributed by atoms with Crippen molar-refractivity contribution >= 4 is 40.0 Å². The third kappa shape index (κ3) is 3.46. The van der Waals surface area contributed by atoms with Crippen molar-refractivity contribution in [3.63, 3.8) is 0 Å². The molecule has 0 heterocycles. The highest BCUT2D eigenvalue weighted by atomic mass is 127. The van der Waals surface area contributed by atoms with Crippen LogP contribution in [0, 0.1) is 3.57 Å². The number of ether oxygens (including phenoxy) is 1. The van der Waals surface area contributed by atoms with E-state index in [1.54, 1.807) is 24.3 Å². The second-order valence-electron chi connectivity index (χ2n) is 3.65. The van der Waals surface area contributed by atoms with Crippen molar-refractivity contribution in [1.82, 2.24) is 0 Å². The summed E-state index contributed by atoms with van der Waals surface area (Å²) < 4.78 is 6.48. The van der Waals surface area contributed by atoms with Gasteiger partial charge in [0.1, 0.15) is 5.75 Å². The third-order valence-corrected chi connectivity index (χ3v) is 3.50. The monoisotopic (exact) mass is 372 g/mol. The van der Waals surface area contributed by atoms with Crippen LogP contribution in [-0.2, 0) is 0 Å². The van der Waals surface area contributed by atoms with Crippen LogP contribution in [0.15, 0.2) is 48.5 Å². The summed E-state index contributed by atoms with van der Waals surface area (Å²) in [4.78, 5) is 11.9. The number of rotatable bonds is 4. The maximum atomic E-state index is 11.9. The summed E-state index contributed by atoms with van der Waals surface area (Å²) in [5.74, 6) is 0.659. The van der Waals surface area contributed by atoms with Gasteiger partial charge in [-0.25, -0.2) is 0 Å². The van der Waals surface area contributed by atoms with Gasteiger partial charge >= 0.3 is 0 Å². The van der Waals surface area contributed by atoms with Gasteiger partial charge in [0, 0.05) is 10.6 Å². The fourth-order valence-electron chi connectivity index (χ4n) is 1.42. The molecule has 0 aromatic heterocycles. The standard InChI is InChI=1S/C14H10ClIO2/c15-11-7-5-10(6-8-11)13(17)9-18-14-4-2-1-3-12(14)16/h1-8H,9H2. The summed E-state index contributed by atoms with van der Waals surface area (Å²) in [6.07, 6.45) is 0. The van der Waals surface area contributed by atoms with E-state index in [4.69, 9.17) is 16.3 Å². The number of hydrogen-bond acceptors (Lipinski definition) is 2. The molecule has 0 atom stereocenters. The van der Waals surface area contributed by atoms with Gasteiger partial charge in [-0.2, -0.15) is 0 Å². The second-order valence-corrected chi connectivity index (χ2v) is 5.25. The normalized spacial score (nSPS) is 10.1. The Morgan fingerprint density at radius 1 is 1.11 bits per heavy atom. The number of ketones is 1. The lowest BCUT2D eigenvalue weighted by atomic mass is 10.1. The van der Waals surface area contributed by atoms with Gasteiger partial charge in [0.25, 0.3) is 0 Å². The van der Waals surface area contributed by atoms with Gasteiger partial charge in [0.15, 0.2) is 12.4 Å². The van der Waals surface area contributed by atoms with E-state index in [0.717, 1.165) is 9.32 Å². The van der Waals surface area contributed by atoms with E-state index in [2.05, 4.69) is 22.6 Å². The van der Waals surface area contributed by atoms with E-state index in [0.29, 0.717) is 10.6 Å². The van der Waals surface area contributed by atoms with Gasteiger partial charge in [0.2, 0.25) is 0 Å². The lowest BCUT2D eigenvalue weighted by Gasteiger charge is -2.07. The Morgan fingerprint density at radius 3 is 2.44 bits per heavy atom. The lowest BCUT2D eigenvalue weighted by Crippen LogP contribution is -2.11. The van der Waals surface area contributed by atoms with Crippen molar-refractivity contribution < 1.29 is 9.53 Å². The first-order valence-electron chi connectivity index (χ1n) is 5.33. The quantitative estimate of drug-likeness (QED) is 0.594. The highest BCUT2D eigenvalue weighted by molar-refractivity contribution is 14.1. The largest absolute Gasteiger partial charge is 0.484 e. The molecular weight excluding hydrogens is 363 g/mol. The zero-order chi connectivity index (χ0) is 13.0. The first kappa shape index (κ1) is 13.4. The molecule has 0 spiro atoms. The fraction of sp³-hybridized carbons (Fsp3) is 0.0714. The number of benzene rings is 2. The molecule has 2 nitrogen and oxygen atoms in total. The average molecular weight is 373 g/mol. The van der Waals surface area contributed by atoms with Gasteiger partial charge in [-0.1, -0.05) is 23.7 Å². The van der Waals surface area contributed by atoms with Crippen molar-refractivity contribution in [2.45, 2.75) is 0 Å². The van der Waals surface area contributed by atoms with Gasteiger partial charge < -0.3 is 4.74 Å². The molecule has 0 unspecified atom stereocenters. The molecule has 18 heavy (non-hydrogen) atoms. The summed E-state index contributed by atoms with van der Waals surface area (Å²) in [7, 11) is 0. The van der Waals surface area contributed by atoms with Crippen LogP contribution >= 0.6 is 34.2 Å². The number of carbonyl (C=O) groups excluding carboxylic acids is 1. The molecule has 0 saturated carbocycles. The van der Waals surface area contributed by atoms with Crippen molar-refractivity contribution in [3.05, 3.63) is 62.7 Å². The molecule has 0 amide bonds. The highest BCUT2D eigenvalue weighted by Crippen LogP contribution is 2.20. The van der Waals surface area contributed by atoms with E-state index in [9.17, 15) is 4.79 Å². The molecule has 92 valence electrons. The molecule has 0 aliphatic carbocycles. The maximum Gasteiger partial charge on any atom is 0.200 e. The van der Waals surface area contributed by atoms with Crippen LogP contribution in [0.25, 0.3) is 0 Å². The fourth-order valence-corrected chi connectivity index (χ4v) is 2.09.